The number of hydrogen-bond acceptors (Lipinski definition) is 3. The molecule has 1 N–H and O–H groups in total. The van der Waals surface area contributed by atoms with E-state index in [0.717, 1.165) is 11.3 Å². The van der Waals surface area contributed by atoms with Crippen LogP contribution in [-0.4, -0.2) is 6.21 Å². The van der Waals surface area contributed by atoms with Crippen LogP contribution >= 0.6 is 0 Å². The van der Waals surface area contributed by atoms with Crippen LogP contribution in [0, 0.1) is 0 Å². The maximum atomic E-state index is 6.03. The zero-order valence-electron chi connectivity index (χ0n) is 15.6. The molecular weight excluding hydrogens is 344 g/mol. The Morgan fingerprint density at radius 3 is 2.50 bits per heavy atom. The van der Waals surface area contributed by atoms with Gasteiger partial charge in [-0.3, -0.25) is 0 Å². The van der Waals surface area contributed by atoms with Gasteiger partial charge in [-0.2, -0.15) is 5.10 Å². The summed E-state index contributed by atoms with van der Waals surface area (Å²) in [5.41, 5.74) is 6.46. The van der Waals surface area contributed by atoms with Crippen LogP contribution in [0.3, 0.4) is 0 Å². The molecule has 0 aromatic heterocycles. The van der Waals surface area contributed by atoms with E-state index in [1.165, 1.54) is 21.9 Å². The molecule has 4 aromatic rings. The van der Waals surface area contributed by atoms with Crippen LogP contribution in [0.15, 0.2) is 102 Å². The van der Waals surface area contributed by atoms with Gasteiger partial charge in [-0.15, -0.1) is 0 Å². The predicted octanol–water partition coefficient (Wildman–Crippen LogP) is 5.54. The van der Waals surface area contributed by atoms with Gasteiger partial charge in [0.15, 0.2) is 0 Å². The largest absolute Gasteiger partial charge is 0.489 e. The van der Waals surface area contributed by atoms with Gasteiger partial charge in [0.25, 0.3) is 0 Å². The fraction of sp³-hybridized carbons (Fsp3) is 0.0800. The van der Waals surface area contributed by atoms with Crippen LogP contribution in [-0.2, 0) is 13.2 Å². The van der Waals surface area contributed by atoms with Crippen molar-refractivity contribution in [1.82, 2.24) is 5.43 Å². The van der Waals surface area contributed by atoms with Crippen LogP contribution in [0.25, 0.3) is 10.8 Å². The predicted molar refractivity (Wildman–Crippen MR) is 116 cm³/mol. The van der Waals surface area contributed by atoms with Crippen molar-refractivity contribution in [2.45, 2.75) is 13.2 Å². The zero-order valence-corrected chi connectivity index (χ0v) is 15.6. The van der Waals surface area contributed by atoms with Gasteiger partial charge in [0.05, 0.1) is 12.8 Å². The topological polar surface area (TPSA) is 33.6 Å². The highest BCUT2D eigenvalue weighted by Gasteiger charge is 2.02. The molecule has 0 heterocycles. The van der Waals surface area contributed by atoms with Crippen LogP contribution in [0.2, 0.25) is 0 Å². The summed E-state index contributed by atoms with van der Waals surface area (Å²) in [6.45, 7) is 1.24. The molecule has 0 saturated carbocycles. The number of rotatable bonds is 7. The maximum Gasteiger partial charge on any atom is 0.120 e. The maximum absolute atomic E-state index is 6.03. The molecule has 0 amide bonds. The Bertz CT molecular complexity index is 1070. The van der Waals surface area contributed by atoms with Crippen molar-refractivity contribution in [1.29, 1.82) is 0 Å². The van der Waals surface area contributed by atoms with E-state index < -0.39 is 0 Å². The molecule has 0 atom stereocenters. The van der Waals surface area contributed by atoms with Crippen molar-refractivity contribution in [3.05, 3.63) is 114 Å². The molecule has 0 aliphatic rings. The summed E-state index contributed by atoms with van der Waals surface area (Å²) in [4.78, 5) is 0. The Morgan fingerprint density at radius 1 is 0.786 bits per heavy atom. The summed E-state index contributed by atoms with van der Waals surface area (Å²) in [5, 5.41) is 6.77. The van der Waals surface area contributed by atoms with Crippen LogP contribution < -0.4 is 10.2 Å². The van der Waals surface area contributed by atoms with Crippen molar-refractivity contribution in [2.24, 2.45) is 5.10 Å². The van der Waals surface area contributed by atoms with Crippen LogP contribution in [0.1, 0.15) is 16.7 Å². The van der Waals surface area contributed by atoms with E-state index >= 15 is 0 Å². The highest BCUT2D eigenvalue weighted by Crippen LogP contribution is 2.21. The van der Waals surface area contributed by atoms with E-state index in [9.17, 15) is 0 Å². The first-order valence-electron chi connectivity index (χ1n) is 9.38. The lowest BCUT2D eigenvalue weighted by molar-refractivity contribution is 0.307. The van der Waals surface area contributed by atoms with Crippen LogP contribution in [0.4, 0.5) is 0 Å². The molecule has 3 heteroatoms. The van der Waals surface area contributed by atoms with Crippen molar-refractivity contribution in [2.75, 3.05) is 0 Å². The molecule has 138 valence electrons. The van der Waals surface area contributed by atoms with Crippen molar-refractivity contribution >= 4 is 17.0 Å². The van der Waals surface area contributed by atoms with E-state index in [0.29, 0.717) is 13.2 Å². The Hall–Kier alpha value is -3.59. The van der Waals surface area contributed by atoms with Crippen LogP contribution in [0.5, 0.6) is 5.75 Å². The third-order valence-corrected chi connectivity index (χ3v) is 4.56. The van der Waals surface area contributed by atoms with Gasteiger partial charge in [-0.25, -0.2) is 0 Å². The van der Waals surface area contributed by atoms with E-state index in [1.54, 1.807) is 0 Å². The van der Waals surface area contributed by atoms with E-state index in [1.807, 2.05) is 48.7 Å². The summed E-state index contributed by atoms with van der Waals surface area (Å²) in [6, 6.07) is 32.9. The molecule has 0 saturated heterocycles. The molecule has 0 fully saturated rings. The first-order valence-corrected chi connectivity index (χ1v) is 9.38. The first-order chi connectivity index (χ1) is 13.9. The van der Waals surface area contributed by atoms with Gasteiger partial charge in [0, 0.05) is 0 Å². The lowest BCUT2D eigenvalue weighted by Crippen LogP contribution is -2.05. The highest BCUT2D eigenvalue weighted by atomic mass is 16.5. The summed E-state index contributed by atoms with van der Waals surface area (Å²) < 4.78 is 6.03. The van der Waals surface area contributed by atoms with Gasteiger partial charge in [0.1, 0.15) is 12.4 Å². The SMILES string of the molecule is C(=NNCc1ccccc1)c1cccc(OCc2cccc3ccccc23)c1. The summed E-state index contributed by atoms with van der Waals surface area (Å²) in [5.74, 6) is 0.833. The highest BCUT2D eigenvalue weighted by molar-refractivity contribution is 5.85. The van der Waals surface area contributed by atoms with Gasteiger partial charge in [-0.05, 0) is 39.6 Å². The van der Waals surface area contributed by atoms with E-state index in [2.05, 4.69) is 65.1 Å². The zero-order chi connectivity index (χ0) is 19.0. The smallest absolute Gasteiger partial charge is 0.120 e. The molecule has 0 radical (unpaired) electrons. The third kappa shape index (κ3) is 4.57. The Labute approximate surface area is 165 Å². The van der Waals surface area contributed by atoms with Crippen molar-refractivity contribution in [3.63, 3.8) is 0 Å². The lowest BCUT2D eigenvalue weighted by Gasteiger charge is -2.09. The molecular formula is C25H22N2O. The summed E-state index contributed by atoms with van der Waals surface area (Å²) >= 11 is 0. The Balaban J connectivity index is 1.37. The standard InChI is InChI=1S/C25H22N2O/c1-2-8-20(9-3-1)17-26-27-18-21-10-6-14-24(16-21)28-19-23-13-7-12-22-11-4-5-15-25(22)23/h1-16,18,26H,17,19H2. The summed E-state index contributed by atoms with van der Waals surface area (Å²) in [7, 11) is 0. The lowest BCUT2D eigenvalue weighted by atomic mass is 10.1. The molecule has 0 bridgehead atoms. The number of ether oxygens (including phenoxy) is 1. The molecule has 3 nitrogen and oxygen atoms in total. The Kier molecular flexibility index (Phi) is 5.64. The minimum absolute atomic E-state index is 0.536. The molecule has 0 unspecified atom stereocenters. The van der Waals surface area contributed by atoms with Gasteiger partial charge in [-0.1, -0.05) is 84.9 Å². The normalized spacial score (nSPS) is 11.0. The minimum Gasteiger partial charge on any atom is -0.489 e. The molecule has 28 heavy (non-hydrogen) atoms. The minimum atomic E-state index is 0.536. The number of nitrogens with one attached hydrogen (secondary N) is 1. The second-order valence-electron chi connectivity index (χ2n) is 6.58. The van der Waals surface area contributed by atoms with Crippen molar-refractivity contribution in [3.8, 4) is 5.75 Å². The summed E-state index contributed by atoms with van der Waals surface area (Å²) in [6.07, 6.45) is 1.81. The van der Waals surface area contributed by atoms with Gasteiger partial charge < -0.3 is 10.2 Å². The fourth-order valence-corrected chi connectivity index (χ4v) is 3.12. The number of fused-ring (bicyclic) bond motifs is 1. The third-order valence-electron chi connectivity index (χ3n) is 4.56. The van der Waals surface area contributed by atoms with E-state index in [-0.39, 0.29) is 0 Å². The van der Waals surface area contributed by atoms with Crippen molar-refractivity contribution < 1.29 is 4.74 Å². The molecule has 4 aromatic carbocycles. The second-order valence-corrected chi connectivity index (χ2v) is 6.58. The number of hydrazone groups is 1. The number of benzene rings is 4. The second kappa shape index (κ2) is 8.87. The van der Waals surface area contributed by atoms with E-state index in [4.69, 9.17) is 4.74 Å². The first kappa shape index (κ1) is 17.8. The molecule has 4 rings (SSSR count). The quantitative estimate of drug-likeness (QED) is 0.344. The van der Waals surface area contributed by atoms with Gasteiger partial charge >= 0.3 is 0 Å². The average molecular weight is 366 g/mol. The molecule has 0 aliphatic carbocycles. The fourth-order valence-electron chi connectivity index (χ4n) is 3.12. The average Bonchev–Trinajstić information content (AvgIpc) is 2.76. The molecule has 0 spiro atoms. The molecule has 0 aliphatic heterocycles. The van der Waals surface area contributed by atoms with Gasteiger partial charge in [0.2, 0.25) is 0 Å². The monoisotopic (exact) mass is 366 g/mol. The number of hydrogen-bond donors (Lipinski definition) is 1. The number of nitrogens with zero attached hydrogens (tertiary/aromatic N) is 1. The Morgan fingerprint density at radius 2 is 1.57 bits per heavy atom.